The van der Waals surface area contributed by atoms with Crippen LogP contribution in [0.5, 0.6) is 5.75 Å². The van der Waals surface area contributed by atoms with Crippen LogP contribution in [-0.2, 0) is 14.3 Å². The predicted octanol–water partition coefficient (Wildman–Crippen LogP) is 6.10. The molecular weight excluding hydrogens is 514 g/mol. The number of amides is 3. The number of phenols is 1. The van der Waals surface area contributed by atoms with E-state index >= 15 is 0 Å². The van der Waals surface area contributed by atoms with E-state index in [1.165, 1.54) is 0 Å². The van der Waals surface area contributed by atoms with E-state index < -0.39 is 23.8 Å². The number of unbranched alkanes of at least 4 members (excludes halogenated alkanes) is 5. The van der Waals surface area contributed by atoms with Crippen molar-refractivity contribution in [1.29, 1.82) is 0 Å². The van der Waals surface area contributed by atoms with E-state index in [-0.39, 0.29) is 17.6 Å². The maximum absolute atomic E-state index is 14.2. The summed E-state index contributed by atoms with van der Waals surface area (Å²) in [5, 5.41) is 16.8. The molecule has 3 amide bonds. The van der Waals surface area contributed by atoms with Crippen LogP contribution in [-0.4, -0.2) is 64.7 Å². The Labute approximate surface area is 240 Å². The average Bonchev–Trinajstić information content (AvgIpc) is 2.86. The minimum Gasteiger partial charge on any atom is -0.507 e. The lowest BCUT2D eigenvalue weighted by Gasteiger charge is -2.35. The molecule has 1 rings (SSSR count). The Hall–Kier alpha value is -2.42. The highest BCUT2D eigenvalue weighted by Crippen LogP contribution is 2.33. The Morgan fingerprint density at radius 1 is 1.05 bits per heavy atom. The van der Waals surface area contributed by atoms with Gasteiger partial charge in [-0.2, -0.15) is 11.8 Å². The summed E-state index contributed by atoms with van der Waals surface area (Å²) in [4.78, 5) is 42.2. The van der Waals surface area contributed by atoms with Crippen LogP contribution >= 0.6 is 11.8 Å². The zero-order valence-electron chi connectivity index (χ0n) is 25.1. The molecule has 8 nitrogen and oxygen atoms in total. The Bertz CT molecular complexity index is 903. The van der Waals surface area contributed by atoms with Gasteiger partial charge < -0.3 is 25.4 Å². The molecule has 0 bridgehead atoms. The molecule has 0 spiro atoms. The number of nitrogens with one attached hydrogen (secondary N) is 2. The molecule has 9 heteroatoms. The van der Waals surface area contributed by atoms with E-state index in [9.17, 15) is 19.5 Å². The summed E-state index contributed by atoms with van der Waals surface area (Å²) in [5.41, 5.74) is 0.291. The molecule has 2 atom stereocenters. The molecule has 1 aromatic rings. The number of benzene rings is 1. The van der Waals surface area contributed by atoms with Crippen LogP contribution in [0.3, 0.4) is 0 Å². The number of nitrogens with zero attached hydrogens (tertiary/aromatic N) is 1. The smallest absolute Gasteiger partial charge is 0.408 e. The fourth-order valence-electron chi connectivity index (χ4n) is 4.25. The number of alkyl carbamates (subject to hydrolysis) is 1. The van der Waals surface area contributed by atoms with Crippen molar-refractivity contribution in [2.75, 3.05) is 25.1 Å². The number of ether oxygens (including phenoxy) is 1. The van der Waals surface area contributed by atoms with Crippen LogP contribution in [0.4, 0.5) is 4.79 Å². The number of para-hydroxylation sites is 1. The normalized spacial score (nSPS) is 12.9. The van der Waals surface area contributed by atoms with Crippen molar-refractivity contribution in [3.63, 3.8) is 0 Å². The van der Waals surface area contributed by atoms with Crippen LogP contribution in [0.2, 0.25) is 0 Å². The zero-order valence-corrected chi connectivity index (χ0v) is 25.9. The monoisotopic (exact) mass is 565 g/mol. The standard InChI is InChI=1S/C30H51N3O5S/c1-8-10-12-14-20-33(28(36)24(18-21-39-7)32-29(37)38-30(4,5)6)25(27(35)31-19-13-11-9-2)23-17-15-16-22(3)26(23)34/h15-17,24-25,34H,8-14,18-21H2,1-7H3,(H,31,35)(H,32,37). The lowest BCUT2D eigenvalue weighted by molar-refractivity contribution is -0.142. The van der Waals surface area contributed by atoms with E-state index in [2.05, 4.69) is 24.5 Å². The minimum absolute atomic E-state index is 0.00154. The third kappa shape index (κ3) is 12.5. The molecule has 0 saturated heterocycles. The number of aromatic hydroxyl groups is 1. The van der Waals surface area contributed by atoms with Crippen molar-refractivity contribution in [3.8, 4) is 5.75 Å². The first-order valence-corrected chi connectivity index (χ1v) is 15.7. The molecule has 0 fully saturated rings. The number of carbonyl (C=O) groups is 3. The van der Waals surface area contributed by atoms with Gasteiger partial charge in [0.25, 0.3) is 0 Å². The molecule has 0 aliphatic rings. The molecule has 0 saturated carbocycles. The summed E-state index contributed by atoms with van der Waals surface area (Å²) < 4.78 is 5.45. The van der Waals surface area contributed by atoms with Crippen LogP contribution < -0.4 is 10.6 Å². The minimum atomic E-state index is -1.03. The van der Waals surface area contributed by atoms with E-state index in [0.717, 1.165) is 38.5 Å². The fourth-order valence-corrected chi connectivity index (χ4v) is 4.73. The summed E-state index contributed by atoms with van der Waals surface area (Å²) in [6.07, 6.45) is 8.13. The summed E-state index contributed by atoms with van der Waals surface area (Å²) >= 11 is 1.57. The highest BCUT2D eigenvalue weighted by Gasteiger charge is 2.37. The first-order chi connectivity index (χ1) is 18.5. The van der Waals surface area contributed by atoms with Gasteiger partial charge in [0.15, 0.2) is 0 Å². The van der Waals surface area contributed by atoms with Crippen LogP contribution in [0.1, 0.15) is 103 Å². The van der Waals surface area contributed by atoms with Gasteiger partial charge in [0.2, 0.25) is 11.8 Å². The van der Waals surface area contributed by atoms with E-state index in [1.54, 1.807) is 62.6 Å². The highest BCUT2D eigenvalue weighted by atomic mass is 32.2. The van der Waals surface area contributed by atoms with Crippen LogP contribution in [0, 0.1) is 6.92 Å². The number of rotatable bonds is 17. The van der Waals surface area contributed by atoms with Crippen molar-refractivity contribution in [2.45, 2.75) is 111 Å². The second-order valence-electron chi connectivity index (χ2n) is 11.0. The molecular formula is C30H51N3O5S. The van der Waals surface area contributed by atoms with E-state index in [4.69, 9.17) is 4.74 Å². The number of hydrogen-bond acceptors (Lipinski definition) is 6. The van der Waals surface area contributed by atoms with Crippen LogP contribution in [0.15, 0.2) is 18.2 Å². The Morgan fingerprint density at radius 2 is 1.72 bits per heavy atom. The molecule has 1 aromatic carbocycles. The molecule has 0 aliphatic carbocycles. The predicted molar refractivity (Wildman–Crippen MR) is 160 cm³/mol. The second-order valence-corrected chi connectivity index (χ2v) is 12.0. The SMILES string of the molecule is CCCCCCN(C(=O)C(CCSC)NC(=O)OC(C)(C)C)C(C(=O)NCCCCC)c1cccc(C)c1O. The third-order valence-corrected chi connectivity index (χ3v) is 6.98. The summed E-state index contributed by atoms with van der Waals surface area (Å²) in [6.45, 7) is 12.1. The summed E-state index contributed by atoms with van der Waals surface area (Å²) in [5.74, 6) is -0.0597. The van der Waals surface area contributed by atoms with Gasteiger partial charge in [-0.1, -0.05) is 64.2 Å². The van der Waals surface area contributed by atoms with Gasteiger partial charge in [-0.15, -0.1) is 0 Å². The van der Waals surface area contributed by atoms with Crippen molar-refractivity contribution < 1.29 is 24.2 Å². The van der Waals surface area contributed by atoms with Crippen LogP contribution in [0.25, 0.3) is 0 Å². The van der Waals surface area contributed by atoms with Gasteiger partial charge in [-0.25, -0.2) is 4.79 Å². The lowest BCUT2D eigenvalue weighted by Crippen LogP contribution is -2.53. The lowest BCUT2D eigenvalue weighted by atomic mass is 9.98. The van der Waals surface area contributed by atoms with Gasteiger partial charge >= 0.3 is 6.09 Å². The van der Waals surface area contributed by atoms with Gasteiger partial charge in [-0.3, -0.25) is 9.59 Å². The molecule has 2 unspecified atom stereocenters. The van der Waals surface area contributed by atoms with Gasteiger partial charge in [0.1, 0.15) is 23.4 Å². The van der Waals surface area contributed by atoms with Crippen molar-refractivity contribution in [1.82, 2.24) is 15.5 Å². The van der Waals surface area contributed by atoms with Gasteiger partial charge in [0, 0.05) is 18.7 Å². The summed E-state index contributed by atoms with van der Waals surface area (Å²) in [7, 11) is 0. The number of hydrogen-bond donors (Lipinski definition) is 3. The third-order valence-electron chi connectivity index (χ3n) is 6.34. The van der Waals surface area contributed by atoms with Crippen molar-refractivity contribution in [2.24, 2.45) is 0 Å². The first kappa shape index (κ1) is 34.6. The van der Waals surface area contributed by atoms with E-state index in [0.29, 0.717) is 42.8 Å². The maximum Gasteiger partial charge on any atom is 0.408 e. The van der Waals surface area contributed by atoms with Crippen molar-refractivity contribution >= 4 is 29.7 Å². The topological polar surface area (TPSA) is 108 Å². The molecule has 3 N–H and O–H groups in total. The second kappa shape index (κ2) is 18.0. The number of thioether (sulfide) groups is 1. The molecule has 222 valence electrons. The largest absolute Gasteiger partial charge is 0.507 e. The molecule has 0 aromatic heterocycles. The fraction of sp³-hybridized carbons (Fsp3) is 0.700. The molecule has 0 aliphatic heterocycles. The highest BCUT2D eigenvalue weighted by molar-refractivity contribution is 7.98. The van der Waals surface area contributed by atoms with Crippen molar-refractivity contribution in [3.05, 3.63) is 29.3 Å². The number of carbonyl (C=O) groups excluding carboxylic acids is 3. The molecule has 39 heavy (non-hydrogen) atoms. The Morgan fingerprint density at radius 3 is 2.33 bits per heavy atom. The Balaban J connectivity index is 3.49. The molecule has 0 radical (unpaired) electrons. The van der Waals surface area contributed by atoms with Gasteiger partial charge in [-0.05, 0) is 64.5 Å². The summed E-state index contributed by atoms with van der Waals surface area (Å²) in [6, 6.07) is 3.35. The number of phenolic OH excluding ortho intramolecular Hbond substituents is 1. The van der Waals surface area contributed by atoms with Gasteiger partial charge in [0.05, 0.1) is 0 Å². The zero-order chi connectivity index (χ0) is 29.4. The number of aryl methyl sites for hydroxylation is 1. The quantitative estimate of drug-likeness (QED) is 0.197. The molecule has 0 heterocycles. The Kier molecular flexibility index (Phi) is 16.0. The average molecular weight is 566 g/mol. The maximum atomic E-state index is 14.2. The first-order valence-electron chi connectivity index (χ1n) is 14.3. The van der Waals surface area contributed by atoms with E-state index in [1.807, 2.05) is 6.26 Å².